The number of benzene rings is 2. The van der Waals surface area contributed by atoms with Gasteiger partial charge in [-0.25, -0.2) is 4.98 Å². The van der Waals surface area contributed by atoms with Crippen LogP contribution in [0.25, 0.3) is 11.0 Å². The monoisotopic (exact) mass is 696 g/mol. The number of H-pyrrole nitrogens is 1. The number of hydrogen-bond donors (Lipinski definition) is 1. The number of carbonyl (C=O) groups is 1. The molecular weight excluding hydrogens is 653 g/mol. The molecule has 11 nitrogen and oxygen atoms in total. The van der Waals surface area contributed by atoms with Gasteiger partial charge in [-0.05, 0) is 74.2 Å². The quantitative estimate of drug-likeness (QED) is 0.190. The van der Waals surface area contributed by atoms with Crippen molar-refractivity contribution in [2.24, 2.45) is 0 Å². The van der Waals surface area contributed by atoms with Gasteiger partial charge in [0.05, 0.1) is 39.0 Å². The van der Waals surface area contributed by atoms with Gasteiger partial charge in [0, 0.05) is 62.1 Å². The van der Waals surface area contributed by atoms with Crippen LogP contribution in [0.3, 0.4) is 0 Å². The number of amides is 1. The number of likely N-dealkylation sites (tertiary alicyclic amines) is 2. The zero-order chi connectivity index (χ0) is 35.3. The van der Waals surface area contributed by atoms with Crippen molar-refractivity contribution in [1.82, 2.24) is 24.8 Å². The summed E-state index contributed by atoms with van der Waals surface area (Å²) in [6.45, 7) is 3.08. The Kier molecular flexibility index (Phi) is 10.7. The average Bonchev–Trinajstić information content (AvgIpc) is 3.77. The van der Waals surface area contributed by atoms with E-state index in [0.29, 0.717) is 41.8 Å². The molecule has 2 aliphatic rings. The Labute approximate surface area is 289 Å². The van der Waals surface area contributed by atoms with E-state index in [2.05, 4.69) is 24.6 Å². The van der Waals surface area contributed by atoms with Crippen molar-refractivity contribution in [3.63, 3.8) is 0 Å². The summed E-state index contributed by atoms with van der Waals surface area (Å²) >= 11 is 0. The molecule has 14 heteroatoms. The number of anilines is 1. The molecule has 2 saturated heterocycles. The van der Waals surface area contributed by atoms with Crippen molar-refractivity contribution in [2.75, 3.05) is 72.1 Å². The minimum atomic E-state index is -4.69. The topological polar surface area (TPSA) is 105 Å². The van der Waals surface area contributed by atoms with Crippen molar-refractivity contribution < 1.29 is 36.9 Å². The first kappa shape index (κ1) is 35.3. The molecule has 0 spiro atoms. The first-order valence-electron chi connectivity index (χ1n) is 16.8. The number of methoxy groups -OCH3 is 3. The van der Waals surface area contributed by atoms with Crippen molar-refractivity contribution in [2.45, 2.75) is 43.5 Å². The number of fused-ring (bicyclic) bond motifs is 1. The number of ether oxygens (including phenoxy) is 4. The maximum Gasteiger partial charge on any atom is 0.522 e. The SMILES string of the molecule is COc1cc(C(=O)N2CCC(CCN3CCC(N(CCOC(F)(F)F)c4nc5ccccc5[nH]4)CC3)(c3ccncc3)C2)cc(OC)c1OC. The summed E-state index contributed by atoms with van der Waals surface area (Å²) in [5.41, 5.74) is 2.92. The van der Waals surface area contributed by atoms with Crippen LogP contribution in [0, 0.1) is 0 Å². The molecule has 4 heterocycles. The molecule has 0 aliphatic carbocycles. The van der Waals surface area contributed by atoms with Crippen LogP contribution < -0.4 is 19.1 Å². The predicted octanol–water partition coefficient (Wildman–Crippen LogP) is 5.67. The molecule has 1 atom stereocenters. The Morgan fingerprint density at radius 2 is 1.70 bits per heavy atom. The summed E-state index contributed by atoms with van der Waals surface area (Å²) in [6.07, 6.45) is 2.04. The van der Waals surface area contributed by atoms with E-state index >= 15 is 0 Å². The van der Waals surface area contributed by atoms with Crippen molar-refractivity contribution in [1.29, 1.82) is 0 Å². The van der Waals surface area contributed by atoms with E-state index in [4.69, 9.17) is 14.2 Å². The minimum absolute atomic E-state index is 0.00382. The molecule has 2 aromatic heterocycles. The average molecular weight is 697 g/mol. The van der Waals surface area contributed by atoms with Crippen LogP contribution in [0.5, 0.6) is 17.2 Å². The van der Waals surface area contributed by atoms with Gasteiger partial charge >= 0.3 is 6.36 Å². The van der Waals surface area contributed by atoms with Gasteiger partial charge < -0.3 is 33.9 Å². The van der Waals surface area contributed by atoms with Crippen LogP contribution in [0.2, 0.25) is 0 Å². The molecule has 0 bridgehead atoms. The number of nitrogens with zero attached hydrogens (tertiary/aromatic N) is 5. The Bertz CT molecular complexity index is 1690. The fourth-order valence-electron chi connectivity index (χ4n) is 7.35. The molecule has 4 aromatic rings. The number of carbonyl (C=O) groups excluding carboxylic acids is 1. The second-order valence-corrected chi connectivity index (χ2v) is 12.8. The third-order valence-corrected chi connectivity index (χ3v) is 10.00. The molecule has 50 heavy (non-hydrogen) atoms. The van der Waals surface area contributed by atoms with Crippen LogP contribution in [0.4, 0.5) is 19.1 Å². The summed E-state index contributed by atoms with van der Waals surface area (Å²) in [5.74, 6) is 1.71. The third kappa shape index (κ3) is 7.76. The predicted molar refractivity (Wildman–Crippen MR) is 182 cm³/mol. The smallest absolute Gasteiger partial charge is 0.493 e. The highest BCUT2D eigenvalue weighted by atomic mass is 19.4. The highest BCUT2D eigenvalue weighted by Gasteiger charge is 2.42. The normalized spacial score (nSPS) is 18.8. The van der Waals surface area contributed by atoms with Crippen LogP contribution in [0.15, 0.2) is 60.9 Å². The van der Waals surface area contributed by atoms with E-state index in [9.17, 15) is 18.0 Å². The lowest BCUT2D eigenvalue weighted by Crippen LogP contribution is -2.48. The van der Waals surface area contributed by atoms with Gasteiger partial charge in [0.25, 0.3) is 5.91 Å². The maximum absolute atomic E-state index is 13.9. The Morgan fingerprint density at radius 1 is 1.00 bits per heavy atom. The number of imidazole rings is 1. The lowest BCUT2D eigenvalue weighted by molar-refractivity contribution is -0.323. The number of aromatic nitrogens is 3. The lowest BCUT2D eigenvalue weighted by atomic mass is 9.77. The number of halogens is 3. The van der Waals surface area contributed by atoms with Crippen LogP contribution >= 0.6 is 0 Å². The van der Waals surface area contributed by atoms with Crippen molar-refractivity contribution in [3.8, 4) is 17.2 Å². The molecule has 1 amide bonds. The number of alkyl halides is 3. The first-order valence-corrected chi connectivity index (χ1v) is 16.8. The summed E-state index contributed by atoms with van der Waals surface area (Å²) in [4.78, 5) is 32.3. The van der Waals surface area contributed by atoms with E-state index in [1.165, 1.54) is 21.3 Å². The van der Waals surface area contributed by atoms with Gasteiger partial charge in [0.2, 0.25) is 11.7 Å². The molecule has 6 rings (SSSR count). The molecule has 0 saturated carbocycles. The summed E-state index contributed by atoms with van der Waals surface area (Å²) in [6, 6.07) is 15.0. The molecule has 2 aromatic carbocycles. The maximum atomic E-state index is 13.9. The lowest BCUT2D eigenvalue weighted by Gasteiger charge is -2.40. The number of nitrogens with one attached hydrogen (secondary N) is 1. The number of para-hydroxylation sites is 2. The van der Waals surface area contributed by atoms with Crippen LogP contribution in [-0.2, 0) is 10.2 Å². The molecule has 2 fully saturated rings. The van der Waals surface area contributed by atoms with E-state index in [1.807, 2.05) is 46.2 Å². The Morgan fingerprint density at radius 3 is 2.34 bits per heavy atom. The zero-order valence-electron chi connectivity index (χ0n) is 28.5. The molecule has 0 radical (unpaired) electrons. The summed E-state index contributed by atoms with van der Waals surface area (Å²) in [7, 11) is 4.58. The highest BCUT2D eigenvalue weighted by Crippen LogP contribution is 2.41. The van der Waals surface area contributed by atoms with Gasteiger partial charge in [-0.1, -0.05) is 12.1 Å². The van der Waals surface area contributed by atoms with Crippen molar-refractivity contribution in [3.05, 3.63) is 72.1 Å². The molecule has 2 aliphatic heterocycles. The number of rotatable bonds is 13. The van der Waals surface area contributed by atoms with E-state index in [-0.39, 0.29) is 23.9 Å². The van der Waals surface area contributed by atoms with E-state index in [1.54, 1.807) is 24.5 Å². The van der Waals surface area contributed by atoms with Crippen LogP contribution in [-0.4, -0.2) is 110 Å². The fraction of sp³-hybridized carbons (Fsp3) is 0.472. The second-order valence-electron chi connectivity index (χ2n) is 12.8. The van der Waals surface area contributed by atoms with Gasteiger partial charge in [-0.3, -0.25) is 14.5 Å². The minimum Gasteiger partial charge on any atom is -0.493 e. The van der Waals surface area contributed by atoms with Gasteiger partial charge in [0.15, 0.2) is 11.5 Å². The Balaban J connectivity index is 1.13. The summed E-state index contributed by atoms with van der Waals surface area (Å²) in [5, 5.41) is 0. The zero-order valence-corrected chi connectivity index (χ0v) is 28.5. The van der Waals surface area contributed by atoms with E-state index in [0.717, 1.165) is 61.9 Å². The molecular formula is C36H43F3N6O5. The number of aromatic amines is 1. The molecule has 1 unspecified atom stereocenters. The highest BCUT2D eigenvalue weighted by molar-refractivity contribution is 5.96. The molecule has 268 valence electrons. The third-order valence-electron chi connectivity index (χ3n) is 10.00. The first-order chi connectivity index (χ1) is 24.1. The fourth-order valence-corrected chi connectivity index (χ4v) is 7.35. The Hall–Kier alpha value is -4.56. The van der Waals surface area contributed by atoms with Crippen LogP contribution in [0.1, 0.15) is 41.6 Å². The number of hydrogen-bond acceptors (Lipinski definition) is 9. The standard InChI is InChI=1S/C36H43F3N6O5/c1-47-30-22-25(23-31(48-2)32(30)49-3)33(46)44-19-13-35(24-44,26-8-14-40-15-9-26)12-18-43-16-10-27(11-17-43)45(20-21-50-36(37,38)39)34-41-28-6-4-5-7-29(28)42-34/h4-9,14-15,22-23,27H,10-13,16-21,24H2,1-3H3,(H,41,42). The van der Waals surface area contributed by atoms with Crippen molar-refractivity contribution >= 4 is 22.9 Å². The number of piperidine rings is 1. The van der Waals surface area contributed by atoms with E-state index < -0.39 is 13.0 Å². The van der Waals surface area contributed by atoms with Gasteiger partial charge in [0.1, 0.15) is 0 Å². The molecule has 1 N–H and O–H groups in total. The van der Waals surface area contributed by atoms with Gasteiger partial charge in [-0.2, -0.15) is 0 Å². The van der Waals surface area contributed by atoms with Gasteiger partial charge in [-0.15, -0.1) is 13.2 Å². The largest absolute Gasteiger partial charge is 0.522 e. The number of pyridine rings is 1. The summed E-state index contributed by atoms with van der Waals surface area (Å²) < 4.78 is 59.2. The second kappa shape index (κ2) is 15.1.